The van der Waals surface area contributed by atoms with Crippen molar-refractivity contribution in [3.63, 3.8) is 0 Å². The first-order valence-electron chi connectivity index (χ1n) is 3.75. The Hall–Kier alpha value is -0.940. The van der Waals surface area contributed by atoms with Crippen LogP contribution in [0.2, 0.25) is 0 Å². The maximum atomic E-state index is 10.3. The van der Waals surface area contributed by atoms with Crippen molar-refractivity contribution in [2.24, 2.45) is 0 Å². The van der Waals surface area contributed by atoms with Gasteiger partial charge in [-0.05, 0) is 19.0 Å². The third kappa shape index (κ3) is 1.21. The maximum Gasteiger partial charge on any atom is 0.324 e. The molecule has 0 radical (unpaired) electrons. The lowest BCUT2D eigenvalue weighted by atomic mass is 10.1. The van der Waals surface area contributed by atoms with Crippen LogP contribution in [0.25, 0.3) is 0 Å². The monoisotopic (exact) mass is 184 g/mol. The highest BCUT2D eigenvalue weighted by atomic mass is 32.1. The van der Waals surface area contributed by atoms with Gasteiger partial charge in [0, 0.05) is 17.0 Å². The van der Waals surface area contributed by atoms with E-state index in [2.05, 4.69) is 5.32 Å². The molecule has 0 aromatic carbocycles. The van der Waals surface area contributed by atoms with Crippen LogP contribution in [-0.4, -0.2) is 11.5 Å². The molecule has 4 nitrogen and oxygen atoms in total. The van der Waals surface area contributed by atoms with E-state index >= 15 is 0 Å². The number of nitrogens with zero attached hydrogens (tertiary/aromatic N) is 1. The van der Waals surface area contributed by atoms with Crippen molar-refractivity contribution < 1.29 is 4.92 Å². The molecule has 0 amide bonds. The molecular formula is C7H8N2O2S. The molecule has 0 aliphatic carbocycles. The lowest BCUT2D eigenvalue weighted by molar-refractivity contribution is -0.380. The molecule has 1 atom stereocenters. The van der Waals surface area contributed by atoms with E-state index in [4.69, 9.17) is 0 Å². The zero-order chi connectivity index (χ0) is 8.55. The predicted octanol–water partition coefficient (Wildman–Crippen LogP) is 1.69. The molecule has 1 N–H and O–H groups in total. The summed E-state index contributed by atoms with van der Waals surface area (Å²) < 4.78 is 0. The zero-order valence-corrected chi connectivity index (χ0v) is 7.13. The summed E-state index contributed by atoms with van der Waals surface area (Å²) in [6.07, 6.45) is 1.09. The van der Waals surface area contributed by atoms with Gasteiger partial charge in [-0.3, -0.25) is 10.1 Å². The minimum Gasteiger partial charge on any atom is -0.309 e. The Morgan fingerprint density at radius 2 is 2.42 bits per heavy atom. The quantitative estimate of drug-likeness (QED) is 0.562. The lowest BCUT2D eigenvalue weighted by Gasteiger charge is -2.25. The number of hydrogen-bond donors (Lipinski definition) is 1. The Kier molecular flexibility index (Phi) is 1.82. The van der Waals surface area contributed by atoms with Crippen molar-refractivity contribution in [1.82, 2.24) is 5.32 Å². The number of thiophene rings is 1. The molecule has 1 fully saturated rings. The third-order valence-electron chi connectivity index (χ3n) is 1.96. The number of nitro groups is 1. The molecule has 0 unspecified atom stereocenters. The van der Waals surface area contributed by atoms with E-state index in [-0.39, 0.29) is 9.92 Å². The molecular weight excluding hydrogens is 176 g/mol. The van der Waals surface area contributed by atoms with E-state index in [9.17, 15) is 10.1 Å². The van der Waals surface area contributed by atoms with Crippen LogP contribution in [0.3, 0.4) is 0 Å². The largest absolute Gasteiger partial charge is 0.324 e. The van der Waals surface area contributed by atoms with Gasteiger partial charge in [-0.25, -0.2) is 0 Å². The minimum atomic E-state index is -0.340. The second-order valence-electron chi connectivity index (χ2n) is 2.73. The highest BCUT2D eigenvalue weighted by molar-refractivity contribution is 7.15. The summed E-state index contributed by atoms with van der Waals surface area (Å²) in [5.74, 6) is 0. The van der Waals surface area contributed by atoms with E-state index in [0.29, 0.717) is 6.04 Å². The van der Waals surface area contributed by atoms with Crippen LogP contribution in [0, 0.1) is 10.1 Å². The highest BCUT2D eigenvalue weighted by Gasteiger charge is 2.22. The van der Waals surface area contributed by atoms with Crippen LogP contribution in [0.5, 0.6) is 0 Å². The van der Waals surface area contributed by atoms with E-state index in [1.807, 2.05) is 6.07 Å². The fraction of sp³-hybridized carbons (Fsp3) is 0.429. The van der Waals surface area contributed by atoms with Gasteiger partial charge in [-0.15, -0.1) is 0 Å². The Morgan fingerprint density at radius 3 is 2.83 bits per heavy atom. The molecule has 2 rings (SSSR count). The summed E-state index contributed by atoms with van der Waals surface area (Å²) in [5.41, 5.74) is 0. The summed E-state index contributed by atoms with van der Waals surface area (Å²) in [5, 5.41) is 13.8. The summed E-state index contributed by atoms with van der Waals surface area (Å²) >= 11 is 1.26. The third-order valence-corrected chi connectivity index (χ3v) is 3.11. The highest BCUT2D eigenvalue weighted by Crippen LogP contribution is 2.32. The van der Waals surface area contributed by atoms with Crippen molar-refractivity contribution in [2.45, 2.75) is 12.5 Å². The molecule has 1 saturated heterocycles. The van der Waals surface area contributed by atoms with Crippen molar-refractivity contribution in [1.29, 1.82) is 0 Å². The van der Waals surface area contributed by atoms with Gasteiger partial charge < -0.3 is 5.32 Å². The van der Waals surface area contributed by atoms with Crippen LogP contribution >= 0.6 is 11.3 Å². The molecule has 0 bridgehead atoms. The lowest BCUT2D eigenvalue weighted by Crippen LogP contribution is -2.34. The van der Waals surface area contributed by atoms with Gasteiger partial charge in [0.25, 0.3) is 0 Å². The summed E-state index contributed by atoms with van der Waals surface area (Å²) in [7, 11) is 0. The van der Waals surface area contributed by atoms with Crippen LogP contribution in [0.1, 0.15) is 17.3 Å². The molecule has 1 aliphatic heterocycles. The van der Waals surface area contributed by atoms with E-state index in [1.165, 1.54) is 11.3 Å². The van der Waals surface area contributed by atoms with E-state index in [0.717, 1.165) is 17.8 Å². The summed E-state index contributed by atoms with van der Waals surface area (Å²) in [6, 6.07) is 3.77. The Morgan fingerprint density at radius 1 is 1.67 bits per heavy atom. The fourth-order valence-electron chi connectivity index (χ4n) is 1.16. The zero-order valence-electron chi connectivity index (χ0n) is 6.32. The Balaban J connectivity index is 2.17. The fourth-order valence-corrected chi connectivity index (χ4v) is 2.09. The van der Waals surface area contributed by atoms with Gasteiger partial charge in [0.2, 0.25) is 0 Å². The maximum absolute atomic E-state index is 10.3. The minimum absolute atomic E-state index is 0.235. The molecule has 1 aromatic heterocycles. The average molecular weight is 184 g/mol. The van der Waals surface area contributed by atoms with E-state index < -0.39 is 0 Å². The SMILES string of the molecule is O=[N+]([O-])c1ccc([C@@H]2CCN2)s1. The van der Waals surface area contributed by atoms with Gasteiger partial charge >= 0.3 is 5.00 Å². The Bertz CT molecular complexity index is 306. The van der Waals surface area contributed by atoms with Crippen molar-refractivity contribution in [3.05, 3.63) is 27.1 Å². The summed E-state index contributed by atoms with van der Waals surface area (Å²) in [6.45, 7) is 1.02. The molecule has 12 heavy (non-hydrogen) atoms. The number of hydrogen-bond acceptors (Lipinski definition) is 4. The molecule has 1 aromatic rings. The van der Waals surface area contributed by atoms with E-state index in [1.54, 1.807) is 6.07 Å². The average Bonchev–Trinajstić information content (AvgIpc) is 2.32. The Labute approximate surface area is 73.4 Å². The van der Waals surface area contributed by atoms with Crippen molar-refractivity contribution in [2.75, 3.05) is 6.54 Å². The van der Waals surface area contributed by atoms with Crippen molar-refractivity contribution >= 4 is 16.3 Å². The van der Waals surface area contributed by atoms with Crippen molar-refractivity contribution in [3.8, 4) is 0 Å². The molecule has 0 spiro atoms. The molecule has 2 heterocycles. The molecule has 5 heteroatoms. The first kappa shape index (κ1) is 7.70. The van der Waals surface area contributed by atoms with Crippen LogP contribution in [-0.2, 0) is 0 Å². The standard InChI is InChI=1S/C7H8N2O2S/c10-9(11)7-2-1-6(12-7)5-3-4-8-5/h1-2,5,8H,3-4H2/t5-/m0/s1. The predicted molar refractivity (Wildman–Crippen MR) is 46.3 cm³/mol. The van der Waals surface area contributed by atoms with Gasteiger partial charge in [-0.1, -0.05) is 11.3 Å². The first-order chi connectivity index (χ1) is 5.77. The molecule has 1 aliphatic rings. The van der Waals surface area contributed by atoms with Gasteiger partial charge in [-0.2, -0.15) is 0 Å². The van der Waals surface area contributed by atoms with Gasteiger partial charge in [0.1, 0.15) is 0 Å². The molecule has 64 valence electrons. The molecule has 0 saturated carbocycles. The van der Waals surface area contributed by atoms with Crippen LogP contribution < -0.4 is 5.32 Å². The summed E-state index contributed by atoms with van der Waals surface area (Å²) in [4.78, 5) is 11.1. The number of nitrogens with one attached hydrogen (secondary N) is 1. The number of rotatable bonds is 2. The van der Waals surface area contributed by atoms with Gasteiger partial charge in [0.05, 0.1) is 4.92 Å². The topological polar surface area (TPSA) is 55.2 Å². The second kappa shape index (κ2) is 2.84. The second-order valence-corrected chi connectivity index (χ2v) is 3.82. The normalized spacial score (nSPS) is 21.8. The van der Waals surface area contributed by atoms with Crippen LogP contribution in [0.15, 0.2) is 12.1 Å². The van der Waals surface area contributed by atoms with Crippen LogP contribution in [0.4, 0.5) is 5.00 Å². The first-order valence-corrected chi connectivity index (χ1v) is 4.56. The van der Waals surface area contributed by atoms with Gasteiger partial charge in [0.15, 0.2) is 0 Å². The smallest absolute Gasteiger partial charge is 0.309 e.